The lowest BCUT2D eigenvalue weighted by atomic mass is 10.2. The van der Waals surface area contributed by atoms with E-state index in [1.807, 2.05) is 0 Å². The molecule has 3 rings (SSSR count). The van der Waals surface area contributed by atoms with E-state index in [0.717, 1.165) is 6.07 Å². The molecule has 164 valence electrons. The van der Waals surface area contributed by atoms with Crippen molar-refractivity contribution in [2.24, 2.45) is 0 Å². The molecule has 2 aromatic carbocycles. The molecule has 14 heteroatoms. The van der Waals surface area contributed by atoms with Crippen LogP contribution in [0.1, 0.15) is 21.0 Å². The molecule has 0 fully saturated rings. The lowest BCUT2D eigenvalue weighted by molar-refractivity contribution is -0.385. The van der Waals surface area contributed by atoms with Crippen molar-refractivity contribution in [3.63, 3.8) is 0 Å². The van der Waals surface area contributed by atoms with Crippen LogP contribution in [0.2, 0.25) is 5.02 Å². The third kappa shape index (κ3) is 5.20. The lowest BCUT2D eigenvalue weighted by Crippen LogP contribution is -2.34. The molecule has 13 nitrogen and oxygen atoms in total. The van der Waals surface area contributed by atoms with E-state index in [1.165, 1.54) is 36.4 Å². The second-order valence-corrected chi connectivity index (χ2v) is 6.57. The van der Waals surface area contributed by atoms with Gasteiger partial charge in [0.25, 0.3) is 17.3 Å². The monoisotopic (exact) mass is 460 g/mol. The molecule has 0 spiro atoms. The minimum absolute atomic E-state index is 0.00943. The second kappa shape index (κ2) is 9.61. The SMILES string of the molecule is O=C(NCCNC(=O)c1nc(-c2ccc([N+](=O)[O-])cc2)no1)c1ccc(Cl)c([N+](=O)[O-])c1. The van der Waals surface area contributed by atoms with Crippen molar-refractivity contribution in [1.82, 2.24) is 20.8 Å². The fraction of sp³-hybridized carbons (Fsp3) is 0.111. The number of hydrogen-bond donors (Lipinski definition) is 2. The number of carbonyl (C=O) groups is 2. The van der Waals surface area contributed by atoms with Crippen LogP contribution < -0.4 is 10.6 Å². The molecule has 0 aliphatic rings. The number of aromatic nitrogens is 2. The second-order valence-electron chi connectivity index (χ2n) is 6.16. The third-order valence-electron chi connectivity index (χ3n) is 4.06. The van der Waals surface area contributed by atoms with Crippen molar-refractivity contribution in [3.05, 3.63) is 79.2 Å². The Balaban J connectivity index is 1.51. The Morgan fingerprint density at radius 1 is 0.969 bits per heavy atom. The van der Waals surface area contributed by atoms with E-state index in [-0.39, 0.29) is 41.1 Å². The number of nitrogens with zero attached hydrogens (tertiary/aromatic N) is 4. The van der Waals surface area contributed by atoms with E-state index in [9.17, 15) is 29.8 Å². The van der Waals surface area contributed by atoms with Gasteiger partial charge >= 0.3 is 11.8 Å². The topological polar surface area (TPSA) is 183 Å². The lowest BCUT2D eigenvalue weighted by Gasteiger charge is -2.06. The summed E-state index contributed by atoms with van der Waals surface area (Å²) in [6.45, 7) is 0.0276. The number of nitro benzene ring substituents is 2. The highest BCUT2D eigenvalue weighted by Crippen LogP contribution is 2.25. The number of nitro groups is 2. The van der Waals surface area contributed by atoms with Crippen LogP contribution in [0.3, 0.4) is 0 Å². The van der Waals surface area contributed by atoms with Crippen LogP contribution in [0, 0.1) is 20.2 Å². The highest BCUT2D eigenvalue weighted by molar-refractivity contribution is 6.32. The maximum absolute atomic E-state index is 12.1. The molecule has 0 aliphatic carbocycles. The van der Waals surface area contributed by atoms with E-state index in [1.54, 1.807) is 0 Å². The number of non-ortho nitro benzene ring substituents is 1. The molecule has 1 aromatic heterocycles. The van der Waals surface area contributed by atoms with E-state index < -0.39 is 27.3 Å². The molecule has 0 unspecified atom stereocenters. The maximum Gasteiger partial charge on any atom is 0.316 e. The molecule has 1 heterocycles. The first-order valence-corrected chi connectivity index (χ1v) is 9.23. The first kappa shape index (κ1) is 22.3. The van der Waals surface area contributed by atoms with Gasteiger partial charge in [-0.05, 0) is 24.3 Å². The largest absolute Gasteiger partial charge is 0.350 e. The Morgan fingerprint density at radius 3 is 2.25 bits per heavy atom. The molecule has 0 bridgehead atoms. The summed E-state index contributed by atoms with van der Waals surface area (Å²) in [5.41, 5.74) is -0.0434. The number of rotatable bonds is 8. The highest BCUT2D eigenvalue weighted by Gasteiger charge is 2.18. The number of hydrogen-bond acceptors (Lipinski definition) is 9. The number of benzene rings is 2. The Kier molecular flexibility index (Phi) is 6.70. The van der Waals surface area contributed by atoms with Crippen LogP contribution in [0.15, 0.2) is 47.0 Å². The van der Waals surface area contributed by atoms with Gasteiger partial charge in [0.2, 0.25) is 5.82 Å². The van der Waals surface area contributed by atoms with Crippen LogP contribution in [0.4, 0.5) is 11.4 Å². The first-order valence-electron chi connectivity index (χ1n) is 8.85. The molecule has 2 amide bonds. The Bertz CT molecular complexity index is 1190. The summed E-state index contributed by atoms with van der Waals surface area (Å²) in [6, 6.07) is 9.00. The van der Waals surface area contributed by atoms with Gasteiger partial charge in [0.1, 0.15) is 5.02 Å². The summed E-state index contributed by atoms with van der Waals surface area (Å²) >= 11 is 5.71. The fourth-order valence-electron chi connectivity index (χ4n) is 2.49. The molecule has 0 saturated heterocycles. The van der Waals surface area contributed by atoms with Crippen molar-refractivity contribution < 1.29 is 24.0 Å². The Morgan fingerprint density at radius 2 is 1.62 bits per heavy atom. The standard InChI is InChI=1S/C18H13ClN6O7/c19-13-6-3-11(9-14(13)25(30)31)16(26)20-7-8-21-17(27)18-22-15(23-32-18)10-1-4-12(5-2-10)24(28)29/h1-6,9H,7-8H2,(H,20,26)(H,21,27). The summed E-state index contributed by atoms with van der Waals surface area (Å²) in [7, 11) is 0. The number of carbonyl (C=O) groups excluding carboxylic acids is 2. The minimum atomic E-state index is -0.700. The van der Waals surface area contributed by atoms with Gasteiger partial charge in [-0.1, -0.05) is 16.8 Å². The van der Waals surface area contributed by atoms with Crippen molar-refractivity contribution in [3.8, 4) is 11.4 Å². The number of nitrogens with one attached hydrogen (secondary N) is 2. The Labute approximate surface area is 183 Å². The van der Waals surface area contributed by atoms with Crippen molar-refractivity contribution in [1.29, 1.82) is 0 Å². The summed E-state index contributed by atoms with van der Waals surface area (Å²) in [5, 5.41) is 30.1. The summed E-state index contributed by atoms with van der Waals surface area (Å²) < 4.78 is 4.88. The maximum atomic E-state index is 12.1. The number of halogens is 1. The summed E-state index contributed by atoms with van der Waals surface area (Å²) in [4.78, 5) is 48.5. The zero-order valence-electron chi connectivity index (χ0n) is 16.0. The number of amides is 2. The molecular formula is C18H13ClN6O7. The quantitative estimate of drug-likeness (QED) is 0.289. The van der Waals surface area contributed by atoms with Crippen LogP contribution >= 0.6 is 11.6 Å². The third-order valence-corrected chi connectivity index (χ3v) is 4.38. The van der Waals surface area contributed by atoms with Gasteiger partial charge in [-0.3, -0.25) is 29.8 Å². The van der Waals surface area contributed by atoms with Gasteiger partial charge in [-0.25, -0.2) is 0 Å². The van der Waals surface area contributed by atoms with Gasteiger partial charge in [0.15, 0.2) is 0 Å². The molecule has 0 radical (unpaired) electrons. The van der Waals surface area contributed by atoms with Crippen molar-refractivity contribution >= 4 is 34.8 Å². The van der Waals surface area contributed by atoms with Crippen molar-refractivity contribution in [2.45, 2.75) is 0 Å². The van der Waals surface area contributed by atoms with Crippen LogP contribution in [0.5, 0.6) is 0 Å². The zero-order valence-corrected chi connectivity index (χ0v) is 16.7. The highest BCUT2D eigenvalue weighted by atomic mass is 35.5. The molecule has 0 aliphatic heterocycles. The zero-order chi connectivity index (χ0) is 23.3. The van der Waals surface area contributed by atoms with Crippen molar-refractivity contribution in [2.75, 3.05) is 13.1 Å². The average molecular weight is 461 g/mol. The van der Waals surface area contributed by atoms with E-state index in [4.69, 9.17) is 16.1 Å². The van der Waals surface area contributed by atoms with Gasteiger partial charge in [0.05, 0.1) is 9.85 Å². The molecule has 2 N–H and O–H groups in total. The summed E-state index contributed by atoms with van der Waals surface area (Å²) in [5.74, 6) is -1.54. The van der Waals surface area contributed by atoms with E-state index >= 15 is 0 Å². The molecule has 32 heavy (non-hydrogen) atoms. The van der Waals surface area contributed by atoms with E-state index in [0.29, 0.717) is 5.56 Å². The first-order chi connectivity index (χ1) is 15.3. The van der Waals surface area contributed by atoms with Gasteiger partial charge in [-0.15, -0.1) is 0 Å². The van der Waals surface area contributed by atoms with Gasteiger partial charge < -0.3 is 15.2 Å². The van der Waals surface area contributed by atoms with Crippen LogP contribution in [-0.2, 0) is 0 Å². The molecule has 0 atom stereocenters. The van der Waals surface area contributed by atoms with E-state index in [2.05, 4.69) is 20.8 Å². The van der Waals surface area contributed by atoms with Crippen LogP contribution in [-0.4, -0.2) is 44.9 Å². The smallest absolute Gasteiger partial charge is 0.316 e. The fourth-order valence-corrected chi connectivity index (χ4v) is 2.68. The molecular weight excluding hydrogens is 448 g/mol. The minimum Gasteiger partial charge on any atom is -0.350 e. The molecule has 0 saturated carbocycles. The normalized spacial score (nSPS) is 10.4. The summed E-state index contributed by atoms with van der Waals surface area (Å²) in [6.07, 6.45) is 0. The Hall–Kier alpha value is -4.39. The average Bonchev–Trinajstić information content (AvgIpc) is 3.27. The van der Waals surface area contributed by atoms with Gasteiger partial charge in [0, 0.05) is 42.4 Å². The predicted molar refractivity (Wildman–Crippen MR) is 109 cm³/mol. The van der Waals surface area contributed by atoms with Crippen LogP contribution in [0.25, 0.3) is 11.4 Å². The van der Waals surface area contributed by atoms with Gasteiger partial charge in [-0.2, -0.15) is 4.98 Å². The molecule has 3 aromatic rings. The predicted octanol–water partition coefficient (Wildman–Crippen LogP) is 2.37.